The second kappa shape index (κ2) is 8.50. The number of carbonyl (C=O) groups excluding carboxylic acids is 2. The molecule has 1 atom stereocenters. The summed E-state index contributed by atoms with van der Waals surface area (Å²) < 4.78 is 0. The second-order valence-electron chi connectivity index (χ2n) is 5.51. The van der Waals surface area contributed by atoms with Crippen molar-refractivity contribution in [3.8, 4) is 6.07 Å². The molecule has 24 heavy (non-hydrogen) atoms. The van der Waals surface area contributed by atoms with Gasteiger partial charge >= 0.3 is 6.03 Å². The number of pyridine rings is 1. The lowest BCUT2D eigenvalue weighted by Crippen LogP contribution is -2.42. The van der Waals surface area contributed by atoms with Gasteiger partial charge in [0.2, 0.25) is 5.91 Å². The molecule has 0 fully saturated rings. The third-order valence-electron chi connectivity index (χ3n) is 3.69. The molecule has 1 aromatic heterocycles. The van der Waals surface area contributed by atoms with Gasteiger partial charge < -0.3 is 5.32 Å². The number of nitrogens with one attached hydrogen (secondary N) is 2. The summed E-state index contributed by atoms with van der Waals surface area (Å²) in [6.45, 7) is 5.45. The summed E-state index contributed by atoms with van der Waals surface area (Å²) in [5.41, 5.74) is 2.62. The predicted molar refractivity (Wildman–Crippen MR) is 92.7 cm³/mol. The maximum atomic E-state index is 12.1. The van der Waals surface area contributed by atoms with Gasteiger partial charge in [-0.3, -0.25) is 10.1 Å². The van der Waals surface area contributed by atoms with E-state index in [4.69, 9.17) is 0 Å². The minimum absolute atomic E-state index is 0.283. The van der Waals surface area contributed by atoms with E-state index in [-0.39, 0.29) is 6.54 Å². The monoisotopic (exact) mass is 344 g/mol. The zero-order valence-corrected chi connectivity index (χ0v) is 14.4. The largest absolute Gasteiger partial charge is 0.334 e. The van der Waals surface area contributed by atoms with E-state index in [2.05, 4.69) is 28.3 Å². The van der Waals surface area contributed by atoms with Crippen molar-refractivity contribution in [3.05, 3.63) is 35.5 Å². The second-order valence-corrected chi connectivity index (χ2v) is 6.84. The number of fused-ring (bicyclic) bond motifs is 1. The number of hydrogen-bond acceptors (Lipinski definition) is 5. The minimum atomic E-state index is -0.564. The number of hydrogen-bond donors (Lipinski definition) is 2. The van der Waals surface area contributed by atoms with Crippen LogP contribution in [0.5, 0.6) is 0 Å². The quantitative estimate of drug-likeness (QED) is 0.631. The molecule has 7 heteroatoms. The molecule has 126 valence electrons. The molecule has 6 nitrogen and oxygen atoms in total. The number of imide groups is 1. The maximum Gasteiger partial charge on any atom is 0.321 e. The number of rotatable bonds is 5. The summed E-state index contributed by atoms with van der Waals surface area (Å²) in [6, 6.07) is 3.47. The highest BCUT2D eigenvalue weighted by Gasteiger charge is 2.21. The Morgan fingerprint density at radius 1 is 1.50 bits per heavy atom. The first-order valence-corrected chi connectivity index (χ1v) is 8.72. The molecule has 0 saturated carbocycles. The number of amides is 3. The fourth-order valence-corrected chi connectivity index (χ4v) is 3.32. The van der Waals surface area contributed by atoms with Crippen LogP contribution in [0.15, 0.2) is 23.7 Å². The summed E-state index contributed by atoms with van der Waals surface area (Å²) in [7, 11) is 0. The van der Waals surface area contributed by atoms with E-state index in [0.717, 1.165) is 36.9 Å². The molecule has 1 unspecified atom stereocenters. The molecule has 0 radical (unpaired) electrons. The standard InChI is InChI=1S/C17H20N4O2S/c1-3-8-19-17(23)21-15(22)11(2)24-16-13(10-18)9-12-6-4-5-7-14(12)20-16/h3,9,11H,1,4-8H2,2H3,(H2,19,21,22,23). The summed E-state index contributed by atoms with van der Waals surface area (Å²) in [5.74, 6) is -0.426. The summed E-state index contributed by atoms with van der Waals surface area (Å²) in [6.07, 6.45) is 5.58. The van der Waals surface area contributed by atoms with Crippen LogP contribution in [-0.4, -0.2) is 28.7 Å². The van der Waals surface area contributed by atoms with E-state index in [1.54, 1.807) is 6.92 Å². The van der Waals surface area contributed by atoms with Crippen molar-refractivity contribution in [3.63, 3.8) is 0 Å². The molecule has 1 aliphatic rings. The Kier molecular flexibility index (Phi) is 6.38. The van der Waals surface area contributed by atoms with Gasteiger partial charge in [-0.15, -0.1) is 6.58 Å². The molecule has 0 bridgehead atoms. The van der Waals surface area contributed by atoms with E-state index >= 15 is 0 Å². The third kappa shape index (κ3) is 4.59. The van der Waals surface area contributed by atoms with Crippen LogP contribution in [0.25, 0.3) is 0 Å². The van der Waals surface area contributed by atoms with E-state index in [1.165, 1.54) is 17.8 Å². The van der Waals surface area contributed by atoms with Crippen LogP contribution in [0.1, 0.15) is 36.6 Å². The Morgan fingerprint density at radius 3 is 2.96 bits per heavy atom. The number of urea groups is 1. The maximum absolute atomic E-state index is 12.1. The number of nitriles is 1. The Bertz CT molecular complexity index is 697. The zero-order valence-electron chi connectivity index (χ0n) is 13.6. The van der Waals surface area contributed by atoms with Crippen molar-refractivity contribution < 1.29 is 9.59 Å². The first kappa shape index (κ1) is 18.0. The van der Waals surface area contributed by atoms with Gasteiger partial charge in [0.25, 0.3) is 0 Å². The highest BCUT2D eigenvalue weighted by Crippen LogP contribution is 2.29. The van der Waals surface area contributed by atoms with Crippen LogP contribution >= 0.6 is 11.8 Å². The van der Waals surface area contributed by atoms with Crippen LogP contribution in [-0.2, 0) is 17.6 Å². The average molecular weight is 344 g/mol. The topological polar surface area (TPSA) is 94.9 Å². The Hall–Kier alpha value is -2.33. The molecule has 0 aromatic carbocycles. The van der Waals surface area contributed by atoms with Crippen LogP contribution < -0.4 is 10.6 Å². The van der Waals surface area contributed by atoms with Crippen molar-refractivity contribution in [1.82, 2.24) is 15.6 Å². The molecule has 0 aliphatic heterocycles. The van der Waals surface area contributed by atoms with Crippen molar-refractivity contribution in [2.45, 2.75) is 42.9 Å². The van der Waals surface area contributed by atoms with Crippen LogP contribution in [0.3, 0.4) is 0 Å². The number of aryl methyl sites for hydroxylation is 2. The van der Waals surface area contributed by atoms with Crippen molar-refractivity contribution >= 4 is 23.7 Å². The fourth-order valence-electron chi connectivity index (χ4n) is 2.43. The summed E-state index contributed by atoms with van der Waals surface area (Å²) in [4.78, 5) is 28.2. The van der Waals surface area contributed by atoms with Crippen molar-refractivity contribution in [2.75, 3.05) is 6.54 Å². The van der Waals surface area contributed by atoms with Crippen LogP contribution in [0.2, 0.25) is 0 Å². The summed E-state index contributed by atoms with van der Waals surface area (Å²) >= 11 is 1.20. The molecular weight excluding hydrogens is 324 g/mol. The molecule has 1 aromatic rings. The Morgan fingerprint density at radius 2 is 2.25 bits per heavy atom. The first-order valence-electron chi connectivity index (χ1n) is 7.84. The van der Waals surface area contributed by atoms with Gasteiger partial charge in [-0.1, -0.05) is 17.8 Å². The third-order valence-corrected chi connectivity index (χ3v) is 4.79. The normalized spacial score (nSPS) is 14.0. The van der Waals surface area contributed by atoms with Gasteiger partial charge in [-0.25, -0.2) is 9.78 Å². The van der Waals surface area contributed by atoms with Crippen LogP contribution in [0, 0.1) is 11.3 Å². The minimum Gasteiger partial charge on any atom is -0.334 e. The molecule has 2 N–H and O–H groups in total. The van der Waals surface area contributed by atoms with E-state index in [0.29, 0.717) is 10.6 Å². The molecule has 3 amide bonds. The lowest BCUT2D eigenvalue weighted by atomic mass is 9.95. The molecule has 2 rings (SSSR count). The van der Waals surface area contributed by atoms with Gasteiger partial charge in [0.05, 0.1) is 10.8 Å². The number of aromatic nitrogens is 1. The Balaban J connectivity index is 2.06. The lowest BCUT2D eigenvalue weighted by Gasteiger charge is -2.17. The molecule has 1 aliphatic carbocycles. The lowest BCUT2D eigenvalue weighted by molar-refractivity contribution is -0.119. The first-order chi connectivity index (χ1) is 11.5. The smallest absolute Gasteiger partial charge is 0.321 e. The number of carbonyl (C=O) groups is 2. The van der Waals surface area contributed by atoms with Gasteiger partial charge in [-0.05, 0) is 44.2 Å². The van der Waals surface area contributed by atoms with E-state index in [9.17, 15) is 14.9 Å². The Labute approximate surface area is 145 Å². The van der Waals surface area contributed by atoms with Crippen molar-refractivity contribution in [2.24, 2.45) is 0 Å². The van der Waals surface area contributed by atoms with Gasteiger partial charge in [0.15, 0.2) is 0 Å². The molecule has 0 saturated heterocycles. The molecule has 1 heterocycles. The van der Waals surface area contributed by atoms with Crippen molar-refractivity contribution in [1.29, 1.82) is 5.26 Å². The number of nitrogens with zero attached hydrogens (tertiary/aromatic N) is 2. The van der Waals surface area contributed by atoms with Gasteiger partial charge in [0.1, 0.15) is 11.1 Å². The SMILES string of the molecule is C=CCNC(=O)NC(=O)C(C)Sc1nc2c(cc1C#N)CCCC2. The fraction of sp³-hybridized carbons (Fsp3) is 0.412. The van der Waals surface area contributed by atoms with Crippen LogP contribution in [0.4, 0.5) is 4.79 Å². The highest BCUT2D eigenvalue weighted by atomic mass is 32.2. The van der Waals surface area contributed by atoms with Gasteiger partial charge in [0, 0.05) is 12.2 Å². The van der Waals surface area contributed by atoms with E-state index < -0.39 is 17.2 Å². The van der Waals surface area contributed by atoms with Gasteiger partial charge in [-0.2, -0.15) is 5.26 Å². The highest BCUT2D eigenvalue weighted by molar-refractivity contribution is 8.00. The predicted octanol–water partition coefficient (Wildman–Crippen LogP) is 2.32. The molecular formula is C17H20N4O2S. The molecule has 0 spiro atoms. The zero-order chi connectivity index (χ0) is 17.5. The summed E-state index contributed by atoms with van der Waals surface area (Å²) in [5, 5.41) is 14.1. The number of thioether (sulfide) groups is 1. The van der Waals surface area contributed by atoms with E-state index in [1.807, 2.05) is 6.07 Å². The average Bonchev–Trinajstić information content (AvgIpc) is 2.59.